The van der Waals surface area contributed by atoms with Gasteiger partial charge in [0.05, 0.1) is 12.2 Å². The summed E-state index contributed by atoms with van der Waals surface area (Å²) in [5, 5.41) is 21.5. The summed E-state index contributed by atoms with van der Waals surface area (Å²) in [6.07, 6.45) is 5.10. The highest BCUT2D eigenvalue weighted by molar-refractivity contribution is 6.18. The number of fused-ring (bicyclic) bond motifs is 1. The van der Waals surface area contributed by atoms with Gasteiger partial charge in [-0.05, 0) is 12.8 Å². The zero-order valence-electron chi connectivity index (χ0n) is 13.8. The lowest BCUT2D eigenvalue weighted by molar-refractivity contribution is -0.180. The number of aliphatic hydroxyl groups excluding tert-OH is 2. The van der Waals surface area contributed by atoms with Crippen molar-refractivity contribution in [3.63, 3.8) is 0 Å². The standard InChI is InChI=1S/C16H22ClN5O3/c17-6-10-12(23)13(24)16(25-10,9-4-2-1-3-5-9)22-8-21-11-14(18)19-7-20-15(11)22/h7-10,12-13,23-24H,1-6H2,(H2,18,19,20)/t10-,12-,13-,16-/m1/s1. The maximum atomic E-state index is 11.0. The third-order valence-electron chi connectivity index (χ3n) is 5.55. The Morgan fingerprint density at radius 1 is 1.24 bits per heavy atom. The minimum atomic E-state index is -1.16. The summed E-state index contributed by atoms with van der Waals surface area (Å²) >= 11 is 5.97. The number of aromatic nitrogens is 4. The molecule has 4 N–H and O–H groups in total. The molecular weight excluding hydrogens is 346 g/mol. The Morgan fingerprint density at radius 2 is 2.00 bits per heavy atom. The number of halogens is 1. The molecule has 0 unspecified atom stereocenters. The highest BCUT2D eigenvalue weighted by Gasteiger charge is 2.59. The van der Waals surface area contributed by atoms with Gasteiger partial charge in [0.25, 0.3) is 0 Å². The van der Waals surface area contributed by atoms with Crippen LogP contribution in [0.5, 0.6) is 0 Å². The molecule has 8 nitrogen and oxygen atoms in total. The first-order chi connectivity index (χ1) is 12.1. The van der Waals surface area contributed by atoms with Crippen molar-refractivity contribution in [3.05, 3.63) is 12.7 Å². The Kier molecular flexibility index (Phi) is 4.31. The number of nitrogens with zero attached hydrogens (tertiary/aromatic N) is 4. The summed E-state index contributed by atoms with van der Waals surface area (Å²) in [7, 11) is 0. The van der Waals surface area contributed by atoms with E-state index in [-0.39, 0.29) is 17.6 Å². The highest BCUT2D eigenvalue weighted by atomic mass is 35.5. The van der Waals surface area contributed by atoms with Gasteiger partial charge < -0.3 is 20.7 Å². The monoisotopic (exact) mass is 367 g/mol. The van der Waals surface area contributed by atoms with E-state index in [2.05, 4.69) is 15.0 Å². The molecule has 2 aliphatic rings. The molecule has 0 radical (unpaired) electrons. The van der Waals surface area contributed by atoms with Crippen LogP contribution < -0.4 is 5.73 Å². The van der Waals surface area contributed by atoms with Gasteiger partial charge in [0, 0.05) is 5.92 Å². The van der Waals surface area contributed by atoms with Crippen molar-refractivity contribution in [2.24, 2.45) is 5.92 Å². The second kappa shape index (κ2) is 6.35. The van der Waals surface area contributed by atoms with E-state index >= 15 is 0 Å². The van der Waals surface area contributed by atoms with Gasteiger partial charge in [-0.2, -0.15) is 0 Å². The zero-order chi connectivity index (χ0) is 17.6. The molecule has 2 aromatic rings. The molecule has 0 spiro atoms. The first-order valence-electron chi connectivity index (χ1n) is 8.63. The molecule has 1 aliphatic carbocycles. The number of nitrogens with two attached hydrogens (primary N) is 1. The predicted octanol–water partition coefficient (Wildman–Crippen LogP) is 1.00. The summed E-state index contributed by atoms with van der Waals surface area (Å²) in [5.74, 6) is 0.383. The van der Waals surface area contributed by atoms with Gasteiger partial charge in [-0.15, -0.1) is 11.6 Å². The van der Waals surface area contributed by atoms with Crippen LogP contribution >= 0.6 is 11.6 Å². The number of imidazole rings is 1. The van der Waals surface area contributed by atoms with Crippen LogP contribution in [0.15, 0.2) is 12.7 Å². The maximum absolute atomic E-state index is 11.0. The molecule has 9 heteroatoms. The Labute approximate surface area is 150 Å². The lowest BCUT2D eigenvalue weighted by Crippen LogP contribution is -2.51. The van der Waals surface area contributed by atoms with Gasteiger partial charge in [-0.3, -0.25) is 4.57 Å². The largest absolute Gasteiger partial charge is 0.387 e. The van der Waals surface area contributed by atoms with Crippen molar-refractivity contribution in [1.29, 1.82) is 0 Å². The molecule has 0 bridgehead atoms. The molecule has 0 amide bonds. The number of nitrogen functional groups attached to an aromatic ring is 1. The average molecular weight is 368 g/mol. The van der Waals surface area contributed by atoms with Gasteiger partial charge in [-0.1, -0.05) is 19.3 Å². The van der Waals surface area contributed by atoms with Gasteiger partial charge in [0.2, 0.25) is 0 Å². The van der Waals surface area contributed by atoms with Gasteiger partial charge >= 0.3 is 0 Å². The third-order valence-corrected chi connectivity index (χ3v) is 5.85. The smallest absolute Gasteiger partial charge is 0.179 e. The first-order valence-corrected chi connectivity index (χ1v) is 9.17. The van der Waals surface area contributed by atoms with Crippen LogP contribution in [-0.2, 0) is 10.5 Å². The number of alkyl halides is 1. The fourth-order valence-electron chi connectivity index (χ4n) is 4.31. The summed E-state index contributed by atoms with van der Waals surface area (Å²) in [6, 6.07) is 0. The Bertz CT molecular complexity index is 765. The van der Waals surface area contributed by atoms with Crippen LogP contribution in [0, 0.1) is 5.92 Å². The molecule has 0 aromatic carbocycles. The lowest BCUT2D eigenvalue weighted by Gasteiger charge is -2.42. The summed E-state index contributed by atoms with van der Waals surface area (Å²) in [5.41, 5.74) is 5.69. The van der Waals surface area contributed by atoms with Crippen molar-refractivity contribution in [3.8, 4) is 0 Å². The molecule has 4 rings (SSSR count). The van der Waals surface area contributed by atoms with Crippen LogP contribution in [0.1, 0.15) is 32.1 Å². The number of hydrogen-bond donors (Lipinski definition) is 3. The van der Waals surface area contributed by atoms with E-state index in [4.69, 9.17) is 22.1 Å². The fourth-order valence-corrected chi connectivity index (χ4v) is 4.56. The predicted molar refractivity (Wildman–Crippen MR) is 91.9 cm³/mol. The molecule has 3 heterocycles. The van der Waals surface area contributed by atoms with Crippen molar-refractivity contribution >= 4 is 28.6 Å². The minimum absolute atomic E-state index is 0.0210. The van der Waals surface area contributed by atoms with Crippen LogP contribution in [0.3, 0.4) is 0 Å². The van der Waals surface area contributed by atoms with Crippen molar-refractivity contribution in [1.82, 2.24) is 19.5 Å². The zero-order valence-corrected chi connectivity index (χ0v) is 14.5. The molecule has 4 atom stereocenters. The van der Waals surface area contributed by atoms with Crippen LogP contribution in [0.4, 0.5) is 5.82 Å². The molecule has 1 saturated carbocycles. The summed E-state index contributed by atoms with van der Waals surface area (Å²) in [4.78, 5) is 12.6. The van der Waals surface area contributed by atoms with Gasteiger partial charge in [-0.25, -0.2) is 15.0 Å². The van der Waals surface area contributed by atoms with Gasteiger partial charge in [0.15, 0.2) is 17.2 Å². The number of ether oxygens (including phenoxy) is 1. The second-order valence-electron chi connectivity index (χ2n) is 6.88. The molecule has 2 fully saturated rings. The van der Waals surface area contributed by atoms with E-state index in [1.54, 1.807) is 10.9 Å². The molecular formula is C16H22ClN5O3. The average Bonchev–Trinajstić information content (AvgIpc) is 3.18. The topological polar surface area (TPSA) is 119 Å². The van der Waals surface area contributed by atoms with Crippen molar-refractivity contribution < 1.29 is 14.9 Å². The third kappa shape index (κ3) is 2.43. The first kappa shape index (κ1) is 17.0. The molecule has 25 heavy (non-hydrogen) atoms. The van der Waals surface area contributed by atoms with E-state index in [0.717, 1.165) is 32.1 Å². The Hall–Kier alpha value is -1.48. The second-order valence-corrected chi connectivity index (χ2v) is 7.19. The van der Waals surface area contributed by atoms with Crippen LogP contribution in [0.25, 0.3) is 11.2 Å². The minimum Gasteiger partial charge on any atom is -0.387 e. The lowest BCUT2D eigenvalue weighted by atomic mass is 9.78. The van der Waals surface area contributed by atoms with E-state index in [1.165, 1.54) is 6.33 Å². The maximum Gasteiger partial charge on any atom is 0.179 e. The summed E-state index contributed by atoms with van der Waals surface area (Å²) in [6.45, 7) is 0. The van der Waals surface area contributed by atoms with Gasteiger partial charge in [0.1, 0.15) is 30.2 Å². The van der Waals surface area contributed by atoms with E-state index in [9.17, 15) is 10.2 Å². The Balaban J connectivity index is 1.90. The number of hydrogen-bond acceptors (Lipinski definition) is 7. The highest BCUT2D eigenvalue weighted by Crippen LogP contribution is 2.48. The van der Waals surface area contributed by atoms with Crippen LogP contribution in [0.2, 0.25) is 0 Å². The quantitative estimate of drug-likeness (QED) is 0.692. The van der Waals surface area contributed by atoms with Crippen LogP contribution in [-0.4, -0.2) is 53.9 Å². The van der Waals surface area contributed by atoms with E-state index in [1.807, 2.05) is 0 Å². The number of aliphatic hydroxyl groups is 2. The fraction of sp³-hybridized carbons (Fsp3) is 0.688. The SMILES string of the molecule is Nc1ncnc2c1ncn2[C@]1(C2CCCCC2)O[C@H](CCl)[C@@H](O)[C@H]1O. The normalized spacial score (nSPS) is 34.0. The molecule has 1 saturated heterocycles. The van der Waals surface area contributed by atoms with Crippen molar-refractivity contribution in [2.75, 3.05) is 11.6 Å². The molecule has 2 aromatic heterocycles. The van der Waals surface area contributed by atoms with E-state index in [0.29, 0.717) is 11.2 Å². The number of rotatable bonds is 3. The van der Waals surface area contributed by atoms with Crippen molar-refractivity contribution in [2.45, 2.75) is 56.1 Å². The Morgan fingerprint density at radius 3 is 2.68 bits per heavy atom. The molecule has 136 valence electrons. The molecule has 1 aliphatic heterocycles. The summed E-state index contributed by atoms with van der Waals surface area (Å²) < 4.78 is 7.96. The van der Waals surface area contributed by atoms with E-state index < -0.39 is 24.0 Å². The number of anilines is 1.